The summed E-state index contributed by atoms with van der Waals surface area (Å²) in [6.45, 7) is 4.85. The van der Waals surface area contributed by atoms with Gasteiger partial charge in [-0.25, -0.2) is 0 Å². The molecule has 0 bridgehead atoms. The van der Waals surface area contributed by atoms with Gasteiger partial charge in [0.15, 0.2) is 11.5 Å². The third-order valence-corrected chi connectivity index (χ3v) is 7.05. The van der Waals surface area contributed by atoms with Gasteiger partial charge in [-0.2, -0.15) is 4.98 Å². The first-order chi connectivity index (χ1) is 17.1. The highest BCUT2D eigenvalue weighted by Crippen LogP contribution is 2.31. The van der Waals surface area contributed by atoms with Crippen LogP contribution in [0.1, 0.15) is 24.3 Å². The van der Waals surface area contributed by atoms with Crippen LogP contribution >= 0.6 is 11.8 Å². The Balaban J connectivity index is 1.26. The van der Waals surface area contributed by atoms with Crippen molar-refractivity contribution in [3.05, 3.63) is 53.9 Å². The molecule has 35 heavy (non-hydrogen) atoms. The van der Waals surface area contributed by atoms with Gasteiger partial charge in [0, 0.05) is 29.3 Å². The Labute approximate surface area is 210 Å². The molecule has 0 aliphatic carbocycles. The average molecular weight is 497 g/mol. The molecule has 1 fully saturated rings. The van der Waals surface area contributed by atoms with Gasteiger partial charge < -0.3 is 19.3 Å². The van der Waals surface area contributed by atoms with Crippen LogP contribution in [0, 0.1) is 12.8 Å². The fraction of sp³-hybridized carbons (Fsp3) is 0.423. The van der Waals surface area contributed by atoms with Crippen LogP contribution < -0.4 is 14.8 Å². The number of nitrogens with zero attached hydrogens (tertiary/aromatic N) is 3. The minimum atomic E-state index is -0.0265. The number of rotatable bonds is 10. The van der Waals surface area contributed by atoms with E-state index in [1.807, 2.05) is 18.2 Å². The maximum Gasteiger partial charge on any atom is 0.241 e. The van der Waals surface area contributed by atoms with Crippen LogP contribution in [0.15, 0.2) is 51.9 Å². The first-order valence-corrected chi connectivity index (χ1v) is 12.8. The lowest BCUT2D eigenvalue weighted by molar-refractivity contribution is -0.126. The number of amides is 1. The largest absolute Gasteiger partial charge is 0.493 e. The highest BCUT2D eigenvalue weighted by atomic mass is 32.2. The Bertz CT molecular complexity index is 1120. The van der Waals surface area contributed by atoms with Gasteiger partial charge >= 0.3 is 0 Å². The molecule has 186 valence electrons. The Kier molecular flexibility index (Phi) is 8.65. The highest BCUT2D eigenvalue weighted by Gasteiger charge is 2.26. The molecule has 1 N–H and O–H groups in total. The third-order valence-electron chi connectivity index (χ3n) is 6.04. The zero-order chi connectivity index (χ0) is 24.6. The first-order valence-electron chi connectivity index (χ1n) is 11.8. The fourth-order valence-corrected chi connectivity index (χ4v) is 4.91. The zero-order valence-corrected chi connectivity index (χ0v) is 21.3. The number of ether oxygens (including phenoxy) is 2. The Hall–Kier alpha value is -3.04. The molecule has 0 radical (unpaired) electrons. The minimum absolute atomic E-state index is 0.0265. The summed E-state index contributed by atoms with van der Waals surface area (Å²) in [7, 11) is 3.19. The van der Waals surface area contributed by atoms with Crippen LogP contribution in [0.25, 0.3) is 11.4 Å². The van der Waals surface area contributed by atoms with E-state index >= 15 is 0 Å². The summed E-state index contributed by atoms with van der Waals surface area (Å²) in [5, 5.41) is 7.23. The van der Waals surface area contributed by atoms with Gasteiger partial charge in [-0.1, -0.05) is 22.9 Å². The van der Waals surface area contributed by atoms with Crippen LogP contribution in [0.2, 0.25) is 0 Å². The molecule has 1 aliphatic rings. The molecule has 8 nitrogen and oxygen atoms in total. The van der Waals surface area contributed by atoms with Gasteiger partial charge in [-0.05, 0) is 56.6 Å². The zero-order valence-electron chi connectivity index (χ0n) is 20.5. The van der Waals surface area contributed by atoms with E-state index in [-0.39, 0.29) is 11.8 Å². The monoisotopic (exact) mass is 496 g/mol. The molecule has 1 aromatic heterocycles. The van der Waals surface area contributed by atoms with E-state index in [1.165, 1.54) is 10.5 Å². The topological polar surface area (TPSA) is 89.7 Å². The second-order valence-corrected chi connectivity index (χ2v) is 9.78. The summed E-state index contributed by atoms with van der Waals surface area (Å²) in [4.78, 5) is 20.7. The second kappa shape index (κ2) is 12.1. The summed E-state index contributed by atoms with van der Waals surface area (Å²) in [6.07, 6.45) is 1.86. The smallest absolute Gasteiger partial charge is 0.241 e. The molecule has 1 saturated heterocycles. The molecule has 1 unspecified atom stereocenters. The molecule has 3 aromatic rings. The number of thioether (sulfide) groups is 1. The third kappa shape index (κ3) is 6.76. The van der Waals surface area contributed by atoms with E-state index in [2.05, 4.69) is 51.5 Å². The minimum Gasteiger partial charge on any atom is -0.493 e. The number of methoxy groups -OCH3 is 2. The quantitative estimate of drug-likeness (QED) is 0.330. The molecule has 1 amide bonds. The first kappa shape index (κ1) is 25.1. The predicted octanol–water partition coefficient (Wildman–Crippen LogP) is 4.18. The number of likely N-dealkylation sites (tertiary alicyclic amines) is 1. The van der Waals surface area contributed by atoms with E-state index in [0.29, 0.717) is 42.8 Å². The maximum atomic E-state index is 12.7. The number of piperidine rings is 1. The van der Waals surface area contributed by atoms with E-state index in [1.54, 1.807) is 26.0 Å². The fourth-order valence-electron chi connectivity index (χ4n) is 4.14. The maximum absolute atomic E-state index is 12.7. The SMILES string of the molecule is COc1ccc(-c2noc(CN3CCCC(C(=O)NCCSc4ccc(C)cc4)C3)n2)cc1OC. The van der Waals surface area contributed by atoms with Gasteiger partial charge in [0.2, 0.25) is 17.6 Å². The highest BCUT2D eigenvalue weighted by molar-refractivity contribution is 7.99. The molecular formula is C26H32N4O4S. The number of benzene rings is 2. The van der Waals surface area contributed by atoms with Crippen molar-refractivity contribution < 1.29 is 18.8 Å². The van der Waals surface area contributed by atoms with Crippen LogP contribution in [0.5, 0.6) is 11.5 Å². The molecule has 0 saturated carbocycles. The van der Waals surface area contributed by atoms with Gasteiger partial charge in [0.25, 0.3) is 0 Å². The summed E-state index contributed by atoms with van der Waals surface area (Å²) in [5.41, 5.74) is 2.04. The van der Waals surface area contributed by atoms with Crippen molar-refractivity contribution >= 4 is 17.7 Å². The van der Waals surface area contributed by atoms with Crippen molar-refractivity contribution in [1.29, 1.82) is 0 Å². The normalized spacial score (nSPS) is 16.1. The molecular weight excluding hydrogens is 464 g/mol. The number of hydrogen-bond donors (Lipinski definition) is 1. The number of aromatic nitrogens is 2. The van der Waals surface area contributed by atoms with Crippen molar-refractivity contribution in [2.75, 3.05) is 39.6 Å². The number of carbonyl (C=O) groups is 1. The number of carbonyl (C=O) groups excluding carboxylic acids is 1. The van der Waals surface area contributed by atoms with Crippen molar-refractivity contribution in [3.63, 3.8) is 0 Å². The Morgan fingerprint density at radius 2 is 1.97 bits per heavy atom. The summed E-state index contributed by atoms with van der Waals surface area (Å²) >= 11 is 1.76. The molecule has 1 aliphatic heterocycles. The van der Waals surface area contributed by atoms with Crippen LogP contribution in [0.3, 0.4) is 0 Å². The summed E-state index contributed by atoms with van der Waals surface area (Å²) in [5.74, 6) is 3.23. The second-order valence-electron chi connectivity index (χ2n) is 8.61. The van der Waals surface area contributed by atoms with Gasteiger partial charge in [0.1, 0.15) is 0 Å². The van der Waals surface area contributed by atoms with Gasteiger partial charge in [-0.15, -0.1) is 11.8 Å². The van der Waals surface area contributed by atoms with Crippen molar-refractivity contribution in [2.45, 2.75) is 31.2 Å². The summed E-state index contributed by atoms with van der Waals surface area (Å²) < 4.78 is 16.1. The number of nitrogens with one attached hydrogen (secondary N) is 1. The van der Waals surface area contributed by atoms with E-state index in [0.717, 1.165) is 30.7 Å². The predicted molar refractivity (Wildman–Crippen MR) is 136 cm³/mol. The van der Waals surface area contributed by atoms with Gasteiger partial charge in [-0.3, -0.25) is 9.69 Å². The molecule has 4 rings (SSSR count). The lowest BCUT2D eigenvalue weighted by Crippen LogP contribution is -2.43. The standard InChI is InChI=1S/C26H32N4O4S/c1-18-6-9-21(10-7-18)35-14-12-27-26(31)20-5-4-13-30(16-20)17-24-28-25(29-34-24)19-8-11-22(32-2)23(15-19)33-3/h6-11,15,20H,4-5,12-14,16-17H2,1-3H3,(H,27,31). The average Bonchev–Trinajstić information content (AvgIpc) is 3.35. The molecule has 2 heterocycles. The van der Waals surface area contributed by atoms with Crippen LogP contribution in [-0.2, 0) is 11.3 Å². The Morgan fingerprint density at radius 3 is 2.74 bits per heavy atom. The molecule has 1 atom stereocenters. The van der Waals surface area contributed by atoms with Crippen molar-refractivity contribution in [2.24, 2.45) is 5.92 Å². The van der Waals surface area contributed by atoms with Gasteiger partial charge in [0.05, 0.1) is 26.7 Å². The van der Waals surface area contributed by atoms with E-state index in [4.69, 9.17) is 14.0 Å². The Morgan fingerprint density at radius 1 is 1.17 bits per heavy atom. The lowest BCUT2D eigenvalue weighted by atomic mass is 9.97. The number of aryl methyl sites for hydroxylation is 1. The van der Waals surface area contributed by atoms with Crippen LogP contribution in [0.4, 0.5) is 0 Å². The molecule has 2 aromatic carbocycles. The van der Waals surface area contributed by atoms with Crippen molar-refractivity contribution in [1.82, 2.24) is 20.4 Å². The number of hydrogen-bond acceptors (Lipinski definition) is 8. The lowest BCUT2D eigenvalue weighted by Gasteiger charge is -2.30. The van der Waals surface area contributed by atoms with E-state index in [9.17, 15) is 4.79 Å². The molecule has 0 spiro atoms. The van der Waals surface area contributed by atoms with Crippen LogP contribution in [-0.4, -0.2) is 60.6 Å². The van der Waals surface area contributed by atoms with Crippen molar-refractivity contribution in [3.8, 4) is 22.9 Å². The summed E-state index contributed by atoms with van der Waals surface area (Å²) in [6, 6.07) is 14.0. The molecule has 9 heteroatoms. The van der Waals surface area contributed by atoms with E-state index < -0.39 is 0 Å².